The fraction of sp³-hybridized carbons (Fsp3) is 0.412. The Kier molecular flexibility index (Phi) is 7.48. The predicted octanol–water partition coefficient (Wildman–Crippen LogP) is 4.45. The van der Waals surface area contributed by atoms with Crippen molar-refractivity contribution < 1.29 is 22.8 Å². The number of thioether (sulfide) groups is 1. The van der Waals surface area contributed by atoms with Crippen molar-refractivity contribution in [2.24, 2.45) is 10.2 Å². The number of alkyl halides is 3. The second-order valence-corrected chi connectivity index (χ2v) is 7.44. The lowest BCUT2D eigenvalue weighted by molar-refractivity contribution is -0.137. The van der Waals surface area contributed by atoms with E-state index in [4.69, 9.17) is 11.6 Å². The first-order valence-corrected chi connectivity index (χ1v) is 9.67. The van der Waals surface area contributed by atoms with Crippen LogP contribution in [0.15, 0.2) is 28.4 Å². The van der Waals surface area contributed by atoms with Gasteiger partial charge in [-0.1, -0.05) is 37.2 Å². The van der Waals surface area contributed by atoms with Gasteiger partial charge in [0.1, 0.15) is 5.25 Å². The van der Waals surface area contributed by atoms with Gasteiger partial charge < -0.3 is 10.6 Å². The predicted molar refractivity (Wildman–Crippen MR) is 105 cm³/mol. The third-order valence-corrected chi connectivity index (χ3v) is 5.11. The van der Waals surface area contributed by atoms with Crippen molar-refractivity contribution in [3.8, 4) is 0 Å². The van der Waals surface area contributed by atoms with Crippen molar-refractivity contribution in [1.29, 1.82) is 0 Å². The van der Waals surface area contributed by atoms with E-state index in [1.165, 1.54) is 6.07 Å². The van der Waals surface area contributed by atoms with Crippen LogP contribution in [0.3, 0.4) is 0 Å². The number of benzene rings is 1. The minimum atomic E-state index is -4.68. The van der Waals surface area contributed by atoms with Crippen molar-refractivity contribution in [3.63, 3.8) is 0 Å². The molecule has 0 aromatic heterocycles. The van der Waals surface area contributed by atoms with Gasteiger partial charge in [-0.05, 0) is 31.0 Å². The van der Waals surface area contributed by atoms with Crippen LogP contribution in [0.4, 0.5) is 18.9 Å². The summed E-state index contributed by atoms with van der Waals surface area (Å²) >= 11 is 6.62. The number of nitrogens with zero attached hydrogens (tertiary/aromatic N) is 2. The van der Waals surface area contributed by atoms with Crippen molar-refractivity contribution in [2.45, 2.75) is 44.5 Å². The zero-order valence-electron chi connectivity index (χ0n) is 15.1. The lowest BCUT2D eigenvalue weighted by Crippen LogP contribution is -2.28. The van der Waals surface area contributed by atoms with Crippen molar-refractivity contribution in [3.05, 3.63) is 28.8 Å². The lowest BCUT2D eigenvalue weighted by atomic mass is 10.1. The summed E-state index contributed by atoms with van der Waals surface area (Å²) in [5.41, 5.74) is -0.620. The normalized spacial score (nSPS) is 18.1. The molecule has 0 saturated carbocycles. The molecule has 1 aromatic rings. The number of hydrogen-bond donors (Lipinski definition) is 2. The molecule has 11 heteroatoms. The maximum absolute atomic E-state index is 13.1. The smallest absolute Gasteiger partial charge is 0.325 e. The van der Waals surface area contributed by atoms with E-state index in [1.54, 1.807) is 0 Å². The van der Waals surface area contributed by atoms with Gasteiger partial charge in [0.15, 0.2) is 5.17 Å². The maximum atomic E-state index is 13.1. The van der Waals surface area contributed by atoms with Crippen molar-refractivity contribution in [1.82, 2.24) is 5.32 Å². The summed E-state index contributed by atoms with van der Waals surface area (Å²) in [5.74, 6) is -1.18. The molecule has 0 spiro atoms. The van der Waals surface area contributed by atoms with Gasteiger partial charge in [-0.3, -0.25) is 9.59 Å². The summed E-state index contributed by atoms with van der Waals surface area (Å²) in [5, 5.41) is 12.0. The number of amides is 2. The molecule has 2 N–H and O–H groups in total. The van der Waals surface area contributed by atoms with E-state index in [9.17, 15) is 22.8 Å². The standard InChI is InChI=1S/C17H18ClF3N4O2S/c1-3-10(4-2)24-25-16-23-15(27)13(28-16)8-14(26)22-12-6-5-9(18)7-11(12)17(19,20)21/h5-7,13H,3-4,8H2,1-2H3,(H,22,26)(H,23,25,27)/t13-/m1/s1. The molecule has 0 aliphatic carbocycles. The number of carbonyl (C=O) groups is 2. The van der Waals surface area contributed by atoms with Gasteiger partial charge in [0.25, 0.3) is 0 Å². The fourth-order valence-electron chi connectivity index (χ4n) is 2.32. The number of anilines is 1. The van der Waals surface area contributed by atoms with E-state index < -0.39 is 34.5 Å². The number of rotatable bonds is 6. The largest absolute Gasteiger partial charge is 0.418 e. The van der Waals surface area contributed by atoms with Crippen molar-refractivity contribution in [2.75, 3.05) is 5.32 Å². The molecular weight excluding hydrogens is 417 g/mol. The molecule has 1 atom stereocenters. The quantitative estimate of drug-likeness (QED) is 0.512. The fourth-order valence-corrected chi connectivity index (χ4v) is 3.41. The van der Waals surface area contributed by atoms with Gasteiger partial charge in [-0.15, -0.1) is 5.10 Å². The third kappa shape index (κ3) is 5.96. The van der Waals surface area contributed by atoms with E-state index in [2.05, 4.69) is 20.8 Å². The van der Waals surface area contributed by atoms with Gasteiger partial charge in [-0.2, -0.15) is 18.3 Å². The third-order valence-electron chi connectivity index (χ3n) is 3.81. The molecule has 1 aromatic carbocycles. The molecule has 1 fully saturated rings. The summed E-state index contributed by atoms with van der Waals surface area (Å²) in [7, 11) is 0. The number of carbonyl (C=O) groups excluding carboxylic acids is 2. The number of nitrogens with one attached hydrogen (secondary N) is 2. The molecular formula is C17H18ClF3N4O2S. The lowest BCUT2D eigenvalue weighted by Gasteiger charge is -2.14. The van der Waals surface area contributed by atoms with Crippen LogP contribution >= 0.6 is 23.4 Å². The first-order valence-electron chi connectivity index (χ1n) is 8.41. The first kappa shape index (κ1) is 22.2. The SMILES string of the molecule is CCC(CC)=N/N=C1\NC(=O)[C@@H](CC(=O)Nc2ccc(Cl)cc2C(F)(F)F)S1. The van der Waals surface area contributed by atoms with Crippen LogP contribution in [0.25, 0.3) is 0 Å². The highest BCUT2D eigenvalue weighted by atomic mass is 35.5. The molecule has 2 rings (SSSR count). The van der Waals surface area contributed by atoms with E-state index >= 15 is 0 Å². The van der Waals surface area contributed by atoms with E-state index in [-0.39, 0.29) is 16.6 Å². The molecule has 0 bridgehead atoms. The zero-order chi connectivity index (χ0) is 20.9. The molecule has 0 radical (unpaired) electrons. The highest BCUT2D eigenvalue weighted by Gasteiger charge is 2.36. The van der Waals surface area contributed by atoms with Crippen LogP contribution in [-0.4, -0.2) is 27.9 Å². The van der Waals surface area contributed by atoms with E-state index in [0.717, 1.165) is 42.4 Å². The Morgan fingerprint density at radius 3 is 2.61 bits per heavy atom. The summed E-state index contributed by atoms with van der Waals surface area (Å²) in [4.78, 5) is 24.2. The van der Waals surface area contributed by atoms with Gasteiger partial charge in [0.2, 0.25) is 11.8 Å². The zero-order valence-corrected chi connectivity index (χ0v) is 16.6. The Balaban J connectivity index is 2.06. The van der Waals surface area contributed by atoms with Gasteiger partial charge in [0.05, 0.1) is 11.3 Å². The van der Waals surface area contributed by atoms with Crippen molar-refractivity contribution >= 4 is 51.7 Å². The van der Waals surface area contributed by atoms with Crippen LogP contribution in [-0.2, 0) is 15.8 Å². The second kappa shape index (κ2) is 9.42. The Hall–Kier alpha value is -2.07. The highest BCUT2D eigenvalue weighted by Crippen LogP contribution is 2.36. The Labute approximate surface area is 169 Å². The van der Waals surface area contributed by atoms with Gasteiger partial charge in [-0.25, -0.2) is 0 Å². The molecule has 0 unspecified atom stereocenters. The van der Waals surface area contributed by atoms with E-state index in [1.807, 2.05) is 13.8 Å². The summed E-state index contributed by atoms with van der Waals surface area (Å²) in [6.45, 7) is 3.87. The molecule has 1 aliphatic heterocycles. The molecule has 1 heterocycles. The molecule has 2 amide bonds. The van der Waals surface area contributed by atoms with Crippen LogP contribution in [0, 0.1) is 0 Å². The Morgan fingerprint density at radius 1 is 1.32 bits per heavy atom. The topological polar surface area (TPSA) is 82.9 Å². The highest BCUT2D eigenvalue weighted by molar-refractivity contribution is 8.15. The number of amidine groups is 1. The second-order valence-electron chi connectivity index (χ2n) is 5.81. The Bertz CT molecular complexity index is 821. The molecule has 152 valence electrons. The summed E-state index contributed by atoms with van der Waals surface area (Å²) in [6, 6.07) is 3.05. The van der Waals surface area contributed by atoms with Crippen LogP contribution in [0.1, 0.15) is 38.7 Å². The minimum Gasteiger partial charge on any atom is -0.325 e. The minimum absolute atomic E-state index is 0.101. The molecule has 6 nitrogen and oxygen atoms in total. The van der Waals surface area contributed by atoms with Crippen LogP contribution in [0.5, 0.6) is 0 Å². The summed E-state index contributed by atoms with van der Waals surface area (Å²) < 4.78 is 39.3. The average Bonchev–Trinajstić information content (AvgIpc) is 2.96. The first-order chi connectivity index (χ1) is 13.1. The van der Waals surface area contributed by atoms with Gasteiger partial charge >= 0.3 is 6.18 Å². The molecule has 28 heavy (non-hydrogen) atoms. The van der Waals surface area contributed by atoms with Crippen LogP contribution in [0.2, 0.25) is 5.02 Å². The van der Waals surface area contributed by atoms with E-state index in [0.29, 0.717) is 0 Å². The number of hydrogen-bond acceptors (Lipinski definition) is 5. The summed E-state index contributed by atoms with van der Waals surface area (Å²) in [6.07, 6.45) is -3.55. The van der Waals surface area contributed by atoms with Crippen LogP contribution < -0.4 is 10.6 Å². The average molecular weight is 435 g/mol. The maximum Gasteiger partial charge on any atom is 0.418 e. The molecule has 1 aliphatic rings. The van der Waals surface area contributed by atoms with Gasteiger partial charge in [0, 0.05) is 17.2 Å². The molecule has 1 saturated heterocycles. The number of halogens is 4. The monoisotopic (exact) mass is 434 g/mol. The Morgan fingerprint density at radius 2 is 2.00 bits per heavy atom.